The van der Waals surface area contributed by atoms with Gasteiger partial charge in [0.25, 0.3) is 11.8 Å². The summed E-state index contributed by atoms with van der Waals surface area (Å²) in [7, 11) is 0. The number of hydrazine groups is 1. The fraction of sp³-hybridized carbons (Fsp3) is 0.529. The van der Waals surface area contributed by atoms with Crippen LogP contribution in [-0.2, 0) is 9.59 Å². The third-order valence-electron chi connectivity index (χ3n) is 4.01. The van der Waals surface area contributed by atoms with E-state index in [1.807, 2.05) is 12.1 Å². The van der Waals surface area contributed by atoms with Crippen LogP contribution in [0.4, 0.5) is 0 Å². The summed E-state index contributed by atoms with van der Waals surface area (Å²) >= 11 is 3.33. The zero-order valence-corrected chi connectivity index (χ0v) is 15.7. The highest BCUT2D eigenvalue weighted by molar-refractivity contribution is 9.10. The Balaban J connectivity index is 1.65. The monoisotopic (exact) mass is 398 g/mol. The van der Waals surface area contributed by atoms with Crippen LogP contribution >= 0.6 is 15.9 Å². The molecule has 0 saturated carbocycles. The highest BCUT2D eigenvalue weighted by atomic mass is 79.9. The second-order valence-corrected chi connectivity index (χ2v) is 7.54. The van der Waals surface area contributed by atoms with E-state index >= 15 is 0 Å². The summed E-state index contributed by atoms with van der Waals surface area (Å²) in [5.74, 6) is 1.29. The molecule has 6 nitrogen and oxygen atoms in total. The van der Waals surface area contributed by atoms with Crippen LogP contribution in [0.15, 0.2) is 28.7 Å². The maximum Gasteiger partial charge on any atom is 0.293 e. The number of halogens is 1. The second-order valence-electron chi connectivity index (χ2n) is 6.62. The minimum absolute atomic E-state index is 0.146. The summed E-state index contributed by atoms with van der Waals surface area (Å²) in [4.78, 5) is 24.9. The van der Waals surface area contributed by atoms with Crippen LogP contribution in [0, 0.1) is 11.8 Å². The number of hydrogen-bond acceptors (Lipinski definition) is 3. The van der Waals surface area contributed by atoms with Crippen LogP contribution < -0.4 is 20.5 Å². The van der Waals surface area contributed by atoms with Gasteiger partial charge in [-0.2, -0.15) is 0 Å². The average Bonchev–Trinajstić information content (AvgIpc) is 2.51. The van der Waals surface area contributed by atoms with Crippen LogP contribution in [0.25, 0.3) is 0 Å². The van der Waals surface area contributed by atoms with Gasteiger partial charge in [0.05, 0.1) is 13.1 Å². The van der Waals surface area contributed by atoms with E-state index in [-0.39, 0.29) is 18.4 Å². The topological polar surface area (TPSA) is 71.9 Å². The van der Waals surface area contributed by atoms with E-state index in [1.165, 1.54) is 11.3 Å². The van der Waals surface area contributed by atoms with Crippen molar-refractivity contribution in [1.29, 1.82) is 0 Å². The predicted octanol–water partition coefficient (Wildman–Crippen LogP) is 0.536. The summed E-state index contributed by atoms with van der Waals surface area (Å²) in [6.07, 6.45) is 1.22. The number of carbonyl (C=O) groups excluding carboxylic acids is 2. The molecule has 0 unspecified atom stereocenters. The summed E-state index contributed by atoms with van der Waals surface area (Å²) in [5, 5.41) is 0. The largest absolute Gasteiger partial charge is 0.484 e. The van der Waals surface area contributed by atoms with E-state index in [0.717, 1.165) is 17.6 Å². The minimum atomic E-state index is -0.387. The molecule has 1 aliphatic rings. The number of rotatable bonds is 5. The molecule has 0 aromatic heterocycles. The SMILES string of the molecule is C[C@@H]1C[C@@H](C)C[NH+](CC(=O)NNC(=O)COc2ccc(Br)cc2)C1. The van der Waals surface area contributed by atoms with Gasteiger partial charge < -0.3 is 9.64 Å². The van der Waals surface area contributed by atoms with Crippen LogP contribution in [0.5, 0.6) is 5.75 Å². The molecule has 2 rings (SSSR count). The van der Waals surface area contributed by atoms with Crippen LogP contribution in [0.2, 0.25) is 0 Å². The third kappa shape index (κ3) is 6.49. The van der Waals surface area contributed by atoms with Gasteiger partial charge >= 0.3 is 0 Å². The van der Waals surface area contributed by atoms with E-state index in [4.69, 9.17) is 4.74 Å². The molecule has 2 atom stereocenters. The summed E-state index contributed by atoms with van der Waals surface area (Å²) in [6, 6.07) is 7.19. The number of likely N-dealkylation sites (tertiary alicyclic amines) is 1. The number of piperidine rings is 1. The molecule has 1 saturated heterocycles. The fourth-order valence-electron chi connectivity index (χ4n) is 3.19. The van der Waals surface area contributed by atoms with Crippen molar-refractivity contribution in [2.24, 2.45) is 11.8 Å². The maximum absolute atomic E-state index is 11.9. The number of quaternary nitrogens is 1. The Morgan fingerprint density at radius 2 is 1.71 bits per heavy atom. The Morgan fingerprint density at radius 3 is 2.33 bits per heavy atom. The van der Waals surface area contributed by atoms with Gasteiger partial charge in [-0.15, -0.1) is 0 Å². The first-order chi connectivity index (χ1) is 11.4. The molecule has 3 N–H and O–H groups in total. The van der Waals surface area contributed by atoms with Crippen molar-refractivity contribution in [2.75, 3.05) is 26.2 Å². The molecule has 1 aromatic carbocycles. The quantitative estimate of drug-likeness (QED) is 0.633. The molecule has 1 fully saturated rings. The molecule has 0 radical (unpaired) electrons. The molecule has 1 aromatic rings. The van der Waals surface area contributed by atoms with Gasteiger partial charge in [-0.05, 0) is 30.7 Å². The Hall–Kier alpha value is -1.60. The lowest BCUT2D eigenvalue weighted by Gasteiger charge is -2.31. The Kier molecular flexibility index (Phi) is 7.05. The molecule has 0 aliphatic carbocycles. The molecular weight excluding hydrogens is 374 g/mol. The van der Waals surface area contributed by atoms with Crippen molar-refractivity contribution in [3.05, 3.63) is 28.7 Å². The lowest BCUT2D eigenvalue weighted by molar-refractivity contribution is -0.904. The number of carbonyl (C=O) groups is 2. The minimum Gasteiger partial charge on any atom is -0.484 e. The van der Waals surface area contributed by atoms with E-state index in [9.17, 15) is 9.59 Å². The number of benzene rings is 1. The van der Waals surface area contributed by atoms with E-state index < -0.39 is 0 Å². The first-order valence-electron chi connectivity index (χ1n) is 8.22. The van der Waals surface area contributed by atoms with Crippen LogP contribution in [-0.4, -0.2) is 38.1 Å². The smallest absolute Gasteiger partial charge is 0.293 e. The Labute approximate surface area is 151 Å². The van der Waals surface area contributed by atoms with E-state index in [2.05, 4.69) is 40.6 Å². The molecule has 132 valence electrons. The van der Waals surface area contributed by atoms with Gasteiger partial charge in [0, 0.05) is 16.3 Å². The second kappa shape index (κ2) is 9.03. The maximum atomic E-state index is 11.9. The van der Waals surface area contributed by atoms with E-state index in [0.29, 0.717) is 24.1 Å². The zero-order valence-electron chi connectivity index (χ0n) is 14.1. The molecule has 0 bridgehead atoms. The number of hydrogen-bond donors (Lipinski definition) is 3. The molecular formula is C17H25BrN3O3+. The predicted molar refractivity (Wildman–Crippen MR) is 94.4 cm³/mol. The van der Waals surface area contributed by atoms with Crippen molar-refractivity contribution in [2.45, 2.75) is 20.3 Å². The molecule has 1 heterocycles. The van der Waals surface area contributed by atoms with Gasteiger partial charge in [-0.3, -0.25) is 20.4 Å². The van der Waals surface area contributed by atoms with Crippen molar-refractivity contribution in [3.8, 4) is 5.75 Å². The van der Waals surface area contributed by atoms with Crippen molar-refractivity contribution >= 4 is 27.7 Å². The highest BCUT2D eigenvalue weighted by Gasteiger charge is 2.26. The zero-order chi connectivity index (χ0) is 17.5. The molecule has 7 heteroatoms. The molecule has 2 amide bonds. The van der Waals surface area contributed by atoms with E-state index in [1.54, 1.807) is 12.1 Å². The molecule has 0 spiro atoms. The highest BCUT2D eigenvalue weighted by Crippen LogP contribution is 2.15. The number of ether oxygens (including phenoxy) is 1. The van der Waals surface area contributed by atoms with Crippen LogP contribution in [0.3, 0.4) is 0 Å². The molecule has 1 aliphatic heterocycles. The fourth-order valence-corrected chi connectivity index (χ4v) is 3.46. The van der Waals surface area contributed by atoms with Crippen molar-refractivity contribution < 1.29 is 19.2 Å². The summed E-state index contributed by atoms with van der Waals surface area (Å²) in [5.41, 5.74) is 4.85. The third-order valence-corrected chi connectivity index (χ3v) is 4.54. The average molecular weight is 399 g/mol. The number of nitrogens with one attached hydrogen (secondary N) is 3. The Morgan fingerprint density at radius 1 is 1.12 bits per heavy atom. The first kappa shape index (κ1) is 18.7. The van der Waals surface area contributed by atoms with Gasteiger partial charge in [0.1, 0.15) is 5.75 Å². The van der Waals surface area contributed by atoms with Crippen LogP contribution in [0.1, 0.15) is 20.3 Å². The lowest BCUT2D eigenvalue weighted by atomic mass is 9.92. The van der Waals surface area contributed by atoms with Gasteiger partial charge in [-0.25, -0.2) is 0 Å². The van der Waals surface area contributed by atoms with Gasteiger partial charge in [-0.1, -0.05) is 29.8 Å². The normalized spacial score (nSPS) is 23.4. The standard InChI is InChI=1S/C17H24BrN3O3/c1-12-7-13(2)9-21(8-12)10-16(22)19-20-17(23)11-24-15-5-3-14(18)4-6-15/h3-6,12-13H,7-11H2,1-2H3,(H,19,22)(H,20,23)/p+1/t12-,13-/m1/s1. The van der Waals surface area contributed by atoms with Crippen molar-refractivity contribution in [1.82, 2.24) is 10.9 Å². The molecule has 24 heavy (non-hydrogen) atoms. The Bertz CT molecular complexity index is 555. The first-order valence-corrected chi connectivity index (χ1v) is 9.01. The summed E-state index contributed by atoms with van der Waals surface area (Å²) in [6.45, 7) is 6.66. The number of amides is 2. The van der Waals surface area contributed by atoms with Crippen molar-refractivity contribution in [3.63, 3.8) is 0 Å². The van der Waals surface area contributed by atoms with Gasteiger partial charge in [0.2, 0.25) is 0 Å². The van der Waals surface area contributed by atoms with Gasteiger partial charge in [0.15, 0.2) is 13.2 Å². The lowest BCUT2D eigenvalue weighted by Crippen LogP contribution is -3.15. The summed E-state index contributed by atoms with van der Waals surface area (Å²) < 4.78 is 6.28.